The highest BCUT2D eigenvalue weighted by Crippen LogP contribution is 2.18. The summed E-state index contributed by atoms with van der Waals surface area (Å²) in [6.45, 7) is 5.84. The van der Waals surface area contributed by atoms with Gasteiger partial charge in [0, 0.05) is 16.4 Å². The zero-order valence-electron chi connectivity index (χ0n) is 10.4. The Morgan fingerprint density at radius 2 is 2.18 bits per heavy atom. The Balaban J connectivity index is 2.90. The van der Waals surface area contributed by atoms with Crippen LogP contribution in [0.25, 0.3) is 0 Å². The minimum absolute atomic E-state index is 0.105. The maximum atomic E-state index is 12.1. The van der Waals surface area contributed by atoms with E-state index >= 15 is 0 Å². The molecule has 0 heterocycles. The van der Waals surface area contributed by atoms with Gasteiger partial charge in [0.2, 0.25) is 0 Å². The van der Waals surface area contributed by atoms with Crippen LogP contribution in [0.4, 0.5) is 0 Å². The molecule has 0 aromatic heterocycles. The molecule has 17 heavy (non-hydrogen) atoms. The Kier molecular flexibility index (Phi) is 4.57. The van der Waals surface area contributed by atoms with Gasteiger partial charge >= 0.3 is 0 Å². The molecule has 4 heteroatoms. The summed E-state index contributed by atoms with van der Waals surface area (Å²) in [5.74, 6) is 0.0732. The van der Waals surface area contributed by atoms with Crippen LogP contribution < -0.4 is 5.32 Å². The van der Waals surface area contributed by atoms with E-state index in [2.05, 4.69) is 21.2 Å². The van der Waals surface area contributed by atoms with Crippen LogP contribution >= 0.6 is 15.9 Å². The number of aryl methyl sites for hydroxylation is 1. The molecule has 0 aliphatic carbocycles. The van der Waals surface area contributed by atoms with E-state index in [1.807, 2.05) is 20.8 Å². The van der Waals surface area contributed by atoms with Crippen LogP contribution in [0.15, 0.2) is 18.2 Å². The Hall–Kier alpha value is -1.03. The van der Waals surface area contributed by atoms with Crippen LogP contribution in [0.2, 0.25) is 0 Å². The third-order valence-electron chi connectivity index (χ3n) is 2.95. The number of carbonyl (C=O) groups excluding carboxylic acids is 1. The van der Waals surface area contributed by atoms with Crippen LogP contribution in [-0.4, -0.2) is 21.9 Å². The van der Waals surface area contributed by atoms with E-state index in [1.165, 1.54) is 6.07 Å². The van der Waals surface area contributed by atoms with E-state index in [4.69, 9.17) is 0 Å². The Labute approximate surface area is 110 Å². The number of halogens is 1. The number of nitrogens with one attached hydrogen (secondary N) is 1. The number of carbonyl (C=O) groups is 1. The number of rotatable bonds is 4. The molecule has 0 radical (unpaired) electrons. The first kappa shape index (κ1) is 14.0. The van der Waals surface area contributed by atoms with E-state index < -0.39 is 0 Å². The van der Waals surface area contributed by atoms with Crippen molar-refractivity contribution in [1.29, 1.82) is 0 Å². The van der Waals surface area contributed by atoms with Crippen molar-refractivity contribution in [2.45, 2.75) is 32.7 Å². The number of phenolic OH excluding ortho intramolecular Hbond substituents is 1. The zero-order chi connectivity index (χ0) is 13.1. The average molecular weight is 300 g/mol. The maximum Gasteiger partial charge on any atom is 0.251 e. The highest BCUT2D eigenvalue weighted by molar-refractivity contribution is 9.09. The van der Waals surface area contributed by atoms with Gasteiger partial charge in [-0.05, 0) is 44.0 Å². The summed E-state index contributed by atoms with van der Waals surface area (Å²) >= 11 is 3.41. The van der Waals surface area contributed by atoms with Crippen molar-refractivity contribution in [2.24, 2.45) is 0 Å². The van der Waals surface area contributed by atoms with Crippen LogP contribution in [-0.2, 0) is 0 Å². The third-order valence-corrected chi connectivity index (χ3v) is 4.18. The van der Waals surface area contributed by atoms with Crippen molar-refractivity contribution < 1.29 is 9.90 Å². The lowest BCUT2D eigenvalue weighted by atomic mass is 10.00. The van der Waals surface area contributed by atoms with Crippen molar-refractivity contribution in [1.82, 2.24) is 5.32 Å². The molecule has 1 rings (SSSR count). The number of aromatic hydroxyl groups is 1. The fraction of sp³-hybridized carbons (Fsp3) is 0.462. The first-order valence-corrected chi connectivity index (χ1v) is 6.72. The van der Waals surface area contributed by atoms with Crippen molar-refractivity contribution in [3.63, 3.8) is 0 Å². The van der Waals surface area contributed by atoms with Crippen molar-refractivity contribution in [2.75, 3.05) is 5.33 Å². The van der Waals surface area contributed by atoms with Crippen LogP contribution in [0.1, 0.15) is 36.2 Å². The summed E-state index contributed by atoms with van der Waals surface area (Å²) in [7, 11) is 0. The largest absolute Gasteiger partial charge is 0.508 e. The lowest BCUT2D eigenvalue weighted by molar-refractivity contribution is 0.0913. The molecule has 0 bridgehead atoms. The molecule has 0 saturated heterocycles. The normalized spacial score (nSPS) is 14.1. The molecular weight excluding hydrogens is 282 g/mol. The smallest absolute Gasteiger partial charge is 0.251 e. The van der Waals surface area contributed by atoms with Gasteiger partial charge in [-0.25, -0.2) is 0 Å². The zero-order valence-corrected chi connectivity index (χ0v) is 12.0. The number of hydrogen-bond acceptors (Lipinski definition) is 2. The summed E-state index contributed by atoms with van der Waals surface area (Å²) in [4.78, 5) is 12.1. The SMILES string of the molecule is CCC(C)(CBr)NC(=O)c1ccc(O)cc1C. The van der Waals surface area contributed by atoms with Gasteiger partial charge in [-0.15, -0.1) is 0 Å². The minimum Gasteiger partial charge on any atom is -0.508 e. The lowest BCUT2D eigenvalue weighted by Crippen LogP contribution is -2.47. The van der Waals surface area contributed by atoms with Gasteiger partial charge < -0.3 is 10.4 Å². The van der Waals surface area contributed by atoms with Gasteiger partial charge in [-0.2, -0.15) is 0 Å². The molecule has 1 aromatic rings. The summed E-state index contributed by atoms with van der Waals surface area (Å²) in [6.07, 6.45) is 0.848. The monoisotopic (exact) mass is 299 g/mol. The predicted octanol–water partition coefficient (Wildman–Crippen LogP) is 2.99. The Bertz CT molecular complexity index is 414. The molecule has 0 aliphatic heterocycles. The number of amides is 1. The standard InChI is InChI=1S/C13H18BrNO2/c1-4-13(3,8-14)15-12(17)11-6-5-10(16)7-9(11)2/h5-7,16H,4,8H2,1-3H3,(H,15,17). The number of phenols is 1. The second kappa shape index (κ2) is 5.54. The number of benzene rings is 1. The van der Waals surface area contributed by atoms with E-state index in [1.54, 1.807) is 12.1 Å². The highest BCUT2D eigenvalue weighted by atomic mass is 79.9. The third kappa shape index (κ3) is 3.46. The molecule has 0 saturated carbocycles. The summed E-state index contributed by atoms with van der Waals surface area (Å²) in [5.41, 5.74) is 1.13. The first-order valence-electron chi connectivity index (χ1n) is 5.60. The molecule has 1 aromatic carbocycles. The van der Waals surface area contributed by atoms with Crippen molar-refractivity contribution in [3.8, 4) is 5.75 Å². The number of alkyl halides is 1. The predicted molar refractivity (Wildman–Crippen MR) is 72.8 cm³/mol. The van der Waals surface area contributed by atoms with Gasteiger partial charge in [0.25, 0.3) is 5.91 Å². The topological polar surface area (TPSA) is 49.3 Å². The second-order valence-corrected chi connectivity index (χ2v) is 5.06. The second-order valence-electron chi connectivity index (χ2n) is 4.50. The quantitative estimate of drug-likeness (QED) is 0.840. The van der Waals surface area contributed by atoms with Crippen LogP contribution in [0, 0.1) is 6.92 Å². The van der Waals surface area contributed by atoms with E-state index in [0.717, 1.165) is 12.0 Å². The molecule has 94 valence electrons. The van der Waals surface area contributed by atoms with Crippen molar-refractivity contribution in [3.05, 3.63) is 29.3 Å². The fourth-order valence-corrected chi connectivity index (χ4v) is 2.00. The van der Waals surface area contributed by atoms with Gasteiger partial charge in [-0.3, -0.25) is 4.79 Å². The van der Waals surface area contributed by atoms with Gasteiger partial charge in [0.05, 0.1) is 0 Å². The lowest BCUT2D eigenvalue weighted by Gasteiger charge is -2.27. The highest BCUT2D eigenvalue weighted by Gasteiger charge is 2.24. The van der Waals surface area contributed by atoms with Crippen LogP contribution in [0.5, 0.6) is 5.75 Å². The van der Waals surface area contributed by atoms with Gasteiger partial charge in [-0.1, -0.05) is 22.9 Å². The Morgan fingerprint density at radius 3 is 2.65 bits per heavy atom. The van der Waals surface area contributed by atoms with E-state index in [-0.39, 0.29) is 17.2 Å². The minimum atomic E-state index is -0.249. The Morgan fingerprint density at radius 1 is 1.53 bits per heavy atom. The molecule has 2 N–H and O–H groups in total. The summed E-state index contributed by atoms with van der Waals surface area (Å²) in [5, 5.41) is 13.0. The molecule has 0 spiro atoms. The van der Waals surface area contributed by atoms with Gasteiger partial charge in [0.1, 0.15) is 5.75 Å². The summed E-state index contributed by atoms with van der Waals surface area (Å²) in [6, 6.07) is 4.76. The summed E-state index contributed by atoms with van der Waals surface area (Å²) < 4.78 is 0. The number of hydrogen-bond donors (Lipinski definition) is 2. The molecule has 1 unspecified atom stereocenters. The maximum absolute atomic E-state index is 12.1. The fourth-order valence-electron chi connectivity index (χ4n) is 1.46. The molecule has 3 nitrogen and oxygen atoms in total. The van der Waals surface area contributed by atoms with E-state index in [9.17, 15) is 9.90 Å². The molecule has 1 atom stereocenters. The van der Waals surface area contributed by atoms with Gasteiger partial charge in [0.15, 0.2) is 0 Å². The van der Waals surface area contributed by atoms with Crippen molar-refractivity contribution >= 4 is 21.8 Å². The molecule has 0 fully saturated rings. The average Bonchev–Trinajstić information content (AvgIpc) is 2.28. The first-order chi connectivity index (χ1) is 7.91. The van der Waals surface area contributed by atoms with Crippen LogP contribution in [0.3, 0.4) is 0 Å². The molecule has 0 aliphatic rings. The molecular formula is C13H18BrNO2. The van der Waals surface area contributed by atoms with E-state index in [0.29, 0.717) is 10.9 Å². The molecule has 1 amide bonds.